The van der Waals surface area contributed by atoms with Gasteiger partial charge in [0.15, 0.2) is 0 Å². The van der Waals surface area contributed by atoms with Crippen molar-refractivity contribution in [3.8, 4) is 11.3 Å². The van der Waals surface area contributed by atoms with Gasteiger partial charge in [0.2, 0.25) is 0 Å². The number of aromatic nitrogens is 2. The zero-order valence-corrected chi connectivity index (χ0v) is 18.5. The lowest BCUT2D eigenvalue weighted by molar-refractivity contribution is 0.102. The van der Waals surface area contributed by atoms with E-state index >= 15 is 0 Å². The molecule has 0 bridgehead atoms. The van der Waals surface area contributed by atoms with E-state index in [1.165, 1.54) is 5.56 Å². The molecule has 0 atom stereocenters. The molecule has 0 fully saturated rings. The van der Waals surface area contributed by atoms with Crippen LogP contribution in [0, 0.1) is 6.92 Å². The number of hydrogen-bond acceptors (Lipinski definition) is 4. The summed E-state index contributed by atoms with van der Waals surface area (Å²) in [5.41, 5.74) is 5.27. The van der Waals surface area contributed by atoms with Crippen molar-refractivity contribution in [2.24, 2.45) is 0 Å². The summed E-state index contributed by atoms with van der Waals surface area (Å²) >= 11 is 0. The average molecular weight is 423 g/mol. The molecule has 4 rings (SSSR count). The number of carbonyl (C=O) groups is 1. The largest absolute Gasteiger partial charge is 0.340 e. The van der Waals surface area contributed by atoms with Gasteiger partial charge in [-0.1, -0.05) is 62.4 Å². The maximum Gasteiger partial charge on any atom is 0.255 e. The van der Waals surface area contributed by atoms with Crippen molar-refractivity contribution in [1.82, 2.24) is 9.97 Å². The summed E-state index contributed by atoms with van der Waals surface area (Å²) in [5.74, 6) is 1.68. The highest BCUT2D eigenvalue weighted by Crippen LogP contribution is 2.24. The molecule has 2 N–H and O–H groups in total. The Labute approximate surface area is 188 Å². The number of nitrogens with one attached hydrogen (secondary N) is 2. The van der Waals surface area contributed by atoms with Gasteiger partial charge in [-0.05, 0) is 48.7 Å². The van der Waals surface area contributed by atoms with Gasteiger partial charge >= 0.3 is 0 Å². The van der Waals surface area contributed by atoms with Gasteiger partial charge in [0.25, 0.3) is 5.91 Å². The van der Waals surface area contributed by atoms with Crippen LogP contribution in [0.4, 0.5) is 17.2 Å². The number of carbonyl (C=O) groups excluding carboxylic acids is 1. The third kappa shape index (κ3) is 5.19. The van der Waals surface area contributed by atoms with Crippen LogP contribution in [0.25, 0.3) is 11.3 Å². The van der Waals surface area contributed by atoms with Crippen LogP contribution in [0.3, 0.4) is 0 Å². The van der Waals surface area contributed by atoms with Crippen LogP contribution in [0.15, 0.2) is 84.9 Å². The molecular weight excluding hydrogens is 396 g/mol. The fourth-order valence-electron chi connectivity index (χ4n) is 3.43. The molecule has 1 heterocycles. The van der Waals surface area contributed by atoms with E-state index in [-0.39, 0.29) is 5.91 Å². The molecule has 3 aromatic carbocycles. The van der Waals surface area contributed by atoms with Crippen LogP contribution >= 0.6 is 0 Å². The number of hydrogen-bond donors (Lipinski definition) is 2. The molecule has 0 aliphatic rings. The highest BCUT2D eigenvalue weighted by atomic mass is 16.1. The Kier molecular flexibility index (Phi) is 6.26. The summed E-state index contributed by atoms with van der Waals surface area (Å²) in [6.07, 6.45) is 0. The SMILES string of the molecule is Cc1nc(Nc2cccc(NC(=O)c3ccc(C(C)C)cc3)c2)cc(-c2ccccc2)n1. The van der Waals surface area contributed by atoms with E-state index in [1.807, 2.05) is 91.9 Å². The zero-order valence-electron chi connectivity index (χ0n) is 18.5. The van der Waals surface area contributed by atoms with Crippen LogP contribution in [0.2, 0.25) is 0 Å². The van der Waals surface area contributed by atoms with Crippen molar-refractivity contribution in [1.29, 1.82) is 0 Å². The van der Waals surface area contributed by atoms with Crippen molar-refractivity contribution < 1.29 is 4.79 Å². The molecule has 1 amide bonds. The van der Waals surface area contributed by atoms with Gasteiger partial charge in [0.05, 0.1) is 5.69 Å². The lowest BCUT2D eigenvalue weighted by Crippen LogP contribution is -2.12. The maximum atomic E-state index is 12.7. The molecular formula is C27H26N4O. The maximum absolute atomic E-state index is 12.7. The summed E-state index contributed by atoms with van der Waals surface area (Å²) in [6, 6.07) is 27.2. The lowest BCUT2D eigenvalue weighted by Gasteiger charge is -2.11. The second kappa shape index (κ2) is 9.43. The Morgan fingerprint density at radius 2 is 1.53 bits per heavy atom. The summed E-state index contributed by atoms with van der Waals surface area (Å²) in [6.45, 7) is 6.14. The quantitative estimate of drug-likeness (QED) is 0.369. The summed E-state index contributed by atoms with van der Waals surface area (Å²) in [5, 5.41) is 6.30. The van der Waals surface area contributed by atoms with E-state index in [0.29, 0.717) is 28.8 Å². The first-order valence-electron chi connectivity index (χ1n) is 10.7. The number of benzene rings is 3. The second-order valence-electron chi connectivity index (χ2n) is 7.99. The number of rotatable bonds is 6. The minimum absolute atomic E-state index is 0.137. The van der Waals surface area contributed by atoms with Crippen LogP contribution in [-0.4, -0.2) is 15.9 Å². The summed E-state index contributed by atoms with van der Waals surface area (Å²) < 4.78 is 0. The molecule has 5 nitrogen and oxygen atoms in total. The zero-order chi connectivity index (χ0) is 22.5. The van der Waals surface area contributed by atoms with Crippen molar-refractivity contribution in [3.63, 3.8) is 0 Å². The van der Waals surface area contributed by atoms with Crippen molar-refractivity contribution in [2.45, 2.75) is 26.7 Å². The van der Waals surface area contributed by atoms with Crippen LogP contribution < -0.4 is 10.6 Å². The first-order valence-corrected chi connectivity index (χ1v) is 10.7. The third-order valence-corrected chi connectivity index (χ3v) is 5.14. The fraction of sp³-hybridized carbons (Fsp3) is 0.148. The van der Waals surface area contributed by atoms with E-state index in [2.05, 4.69) is 34.4 Å². The molecule has 0 radical (unpaired) electrons. The third-order valence-electron chi connectivity index (χ3n) is 5.14. The fourth-order valence-corrected chi connectivity index (χ4v) is 3.43. The standard InChI is InChI=1S/C27H26N4O/c1-18(2)20-12-14-22(15-13-20)27(32)31-24-11-7-10-23(16-24)30-26-17-25(28-19(3)29-26)21-8-5-4-6-9-21/h4-18H,1-3H3,(H,31,32)(H,28,29,30). The minimum atomic E-state index is -0.137. The van der Waals surface area contributed by atoms with Crippen molar-refractivity contribution in [3.05, 3.63) is 102 Å². The minimum Gasteiger partial charge on any atom is -0.340 e. The highest BCUT2D eigenvalue weighted by molar-refractivity contribution is 6.04. The van der Waals surface area contributed by atoms with E-state index in [4.69, 9.17) is 0 Å². The summed E-state index contributed by atoms with van der Waals surface area (Å²) in [7, 11) is 0. The van der Waals surface area contributed by atoms with Crippen LogP contribution in [0.5, 0.6) is 0 Å². The van der Waals surface area contributed by atoms with E-state index < -0.39 is 0 Å². The van der Waals surface area contributed by atoms with E-state index in [9.17, 15) is 4.79 Å². The molecule has 32 heavy (non-hydrogen) atoms. The molecule has 4 aromatic rings. The predicted octanol–water partition coefficient (Wildman–Crippen LogP) is 6.57. The molecule has 5 heteroatoms. The van der Waals surface area contributed by atoms with Gasteiger partial charge in [-0.2, -0.15) is 0 Å². The van der Waals surface area contributed by atoms with Gasteiger partial charge in [0.1, 0.15) is 11.6 Å². The number of amides is 1. The van der Waals surface area contributed by atoms with Crippen molar-refractivity contribution in [2.75, 3.05) is 10.6 Å². The second-order valence-corrected chi connectivity index (χ2v) is 7.99. The highest BCUT2D eigenvalue weighted by Gasteiger charge is 2.09. The molecule has 0 saturated carbocycles. The Hall–Kier alpha value is -3.99. The van der Waals surface area contributed by atoms with Crippen molar-refractivity contribution >= 4 is 23.1 Å². The average Bonchev–Trinajstić information content (AvgIpc) is 2.79. The molecule has 0 saturated heterocycles. The monoisotopic (exact) mass is 422 g/mol. The Morgan fingerprint density at radius 1 is 0.812 bits per heavy atom. The van der Waals surface area contributed by atoms with E-state index in [0.717, 1.165) is 16.9 Å². The molecule has 0 aliphatic carbocycles. The Balaban J connectivity index is 1.50. The van der Waals surface area contributed by atoms with E-state index in [1.54, 1.807) is 0 Å². The van der Waals surface area contributed by atoms with Gasteiger partial charge < -0.3 is 10.6 Å². The molecule has 0 spiro atoms. The van der Waals surface area contributed by atoms with Crippen LogP contribution in [0.1, 0.15) is 41.5 Å². The molecule has 160 valence electrons. The topological polar surface area (TPSA) is 66.9 Å². The Morgan fingerprint density at radius 3 is 2.25 bits per heavy atom. The number of nitrogens with zero attached hydrogens (tertiary/aromatic N) is 2. The normalized spacial score (nSPS) is 10.8. The van der Waals surface area contributed by atoms with Gasteiger partial charge in [0, 0.05) is 28.6 Å². The molecule has 0 unspecified atom stereocenters. The first kappa shape index (κ1) is 21.2. The predicted molar refractivity (Wildman–Crippen MR) is 130 cm³/mol. The van der Waals surface area contributed by atoms with Gasteiger partial charge in [-0.3, -0.25) is 4.79 Å². The first-order chi connectivity index (χ1) is 15.5. The summed E-state index contributed by atoms with van der Waals surface area (Å²) in [4.78, 5) is 21.7. The Bertz CT molecular complexity index is 1220. The van der Waals surface area contributed by atoms with Gasteiger partial charge in [-0.25, -0.2) is 9.97 Å². The van der Waals surface area contributed by atoms with Gasteiger partial charge in [-0.15, -0.1) is 0 Å². The number of aryl methyl sites for hydroxylation is 1. The number of anilines is 3. The molecule has 0 aliphatic heterocycles. The smallest absolute Gasteiger partial charge is 0.255 e. The lowest BCUT2D eigenvalue weighted by atomic mass is 10.0. The molecule has 1 aromatic heterocycles. The van der Waals surface area contributed by atoms with Crippen LogP contribution in [-0.2, 0) is 0 Å².